The number of hydrogen-bond acceptors (Lipinski definition) is 4. The van der Waals surface area contributed by atoms with Crippen molar-refractivity contribution in [3.8, 4) is 0 Å². The summed E-state index contributed by atoms with van der Waals surface area (Å²) >= 11 is 0. The second-order valence-corrected chi connectivity index (χ2v) is 6.21. The first-order valence-electron chi connectivity index (χ1n) is 8.01. The summed E-state index contributed by atoms with van der Waals surface area (Å²) in [6, 6.07) is 5.94. The van der Waals surface area contributed by atoms with Gasteiger partial charge in [-0.05, 0) is 24.5 Å². The molecular weight excluding hydrogens is 276 g/mol. The largest absolute Gasteiger partial charge is 0.397 e. The van der Waals surface area contributed by atoms with Crippen LogP contribution in [-0.4, -0.2) is 18.2 Å². The molecule has 2 rings (SSSR count). The number of nitrogen functional groups attached to an aromatic ring is 1. The van der Waals surface area contributed by atoms with Crippen LogP contribution in [0.15, 0.2) is 23.3 Å². The van der Waals surface area contributed by atoms with E-state index in [9.17, 15) is 4.79 Å². The minimum absolute atomic E-state index is 0.0348. The number of carbonyl (C=O) groups excluding carboxylic acids is 1. The molecule has 2 atom stereocenters. The molecule has 0 fully saturated rings. The number of hydrogen-bond donors (Lipinski definition) is 3. The Kier molecular flexibility index (Phi) is 5.41. The van der Waals surface area contributed by atoms with Gasteiger partial charge in [0.15, 0.2) is 0 Å². The van der Waals surface area contributed by atoms with E-state index in [2.05, 4.69) is 29.7 Å². The molecule has 0 aromatic heterocycles. The lowest BCUT2D eigenvalue weighted by Crippen LogP contribution is -2.32. The summed E-state index contributed by atoms with van der Waals surface area (Å²) in [6.45, 7) is 7.36. The van der Waals surface area contributed by atoms with Crippen molar-refractivity contribution in [2.75, 3.05) is 17.6 Å². The molecule has 0 bridgehead atoms. The van der Waals surface area contributed by atoms with Crippen molar-refractivity contribution in [2.45, 2.75) is 40.0 Å². The summed E-state index contributed by atoms with van der Waals surface area (Å²) in [7, 11) is 0. The molecule has 1 aromatic carbocycles. The molecule has 0 radical (unpaired) electrons. The fraction of sp³-hybridized carbons (Fsp3) is 0.529. The van der Waals surface area contributed by atoms with Crippen molar-refractivity contribution in [2.24, 2.45) is 16.9 Å². The molecule has 1 aliphatic heterocycles. The van der Waals surface area contributed by atoms with E-state index in [1.54, 1.807) is 0 Å². The lowest BCUT2D eigenvalue weighted by molar-refractivity contribution is -0.121. The average molecular weight is 302 g/mol. The fourth-order valence-corrected chi connectivity index (χ4v) is 2.76. The van der Waals surface area contributed by atoms with Crippen molar-refractivity contribution in [1.29, 1.82) is 0 Å². The van der Waals surface area contributed by atoms with Gasteiger partial charge in [0.25, 0.3) is 0 Å². The second-order valence-electron chi connectivity index (χ2n) is 6.21. The topological polar surface area (TPSA) is 79.5 Å². The van der Waals surface area contributed by atoms with E-state index in [4.69, 9.17) is 5.73 Å². The zero-order chi connectivity index (χ0) is 16.1. The van der Waals surface area contributed by atoms with Gasteiger partial charge in [-0.3, -0.25) is 4.79 Å². The van der Waals surface area contributed by atoms with Gasteiger partial charge in [0.1, 0.15) is 0 Å². The summed E-state index contributed by atoms with van der Waals surface area (Å²) in [5.41, 5.74) is 12.2. The van der Waals surface area contributed by atoms with Gasteiger partial charge >= 0.3 is 0 Å². The highest BCUT2D eigenvalue weighted by Crippen LogP contribution is 2.24. The zero-order valence-corrected chi connectivity index (χ0v) is 13.6. The Bertz CT molecular complexity index is 568. The van der Waals surface area contributed by atoms with Gasteiger partial charge in [0.2, 0.25) is 5.91 Å². The Labute approximate surface area is 132 Å². The molecule has 120 valence electrons. The molecule has 5 heteroatoms. The van der Waals surface area contributed by atoms with Crippen LogP contribution >= 0.6 is 0 Å². The van der Waals surface area contributed by atoms with Crippen molar-refractivity contribution in [1.82, 2.24) is 5.43 Å². The average Bonchev–Trinajstić information content (AvgIpc) is 2.46. The van der Waals surface area contributed by atoms with Crippen LogP contribution in [0.1, 0.15) is 45.6 Å². The third-order valence-electron chi connectivity index (χ3n) is 4.03. The number of carbonyl (C=O) groups is 1. The van der Waals surface area contributed by atoms with Gasteiger partial charge in [0.05, 0.1) is 17.1 Å². The predicted octanol–water partition coefficient (Wildman–Crippen LogP) is 2.98. The van der Waals surface area contributed by atoms with Crippen LogP contribution in [0.2, 0.25) is 0 Å². The van der Waals surface area contributed by atoms with Gasteiger partial charge in [0, 0.05) is 24.4 Å². The molecule has 0 saturated carbocycles. The van der Waals surface area contributed by atoms with Crippen LogP contribution in [0.3, 0.4) is 0 Å². The lowest BCUT2D eigenvalue weighted by Gasteiger charge is -2.20. The summed E-state index contributed by atoms with van der Waals surface area (Å²) < 4.78 is 0. The smallest absolute Gasteiger partial charge is 0.240 e. The first-order chi connectivity index (χ1) is 10.5. The zero-order valence-electron chi connectivity index (χ0n) is 13.6. The maximum absolute atomic E-state index is 11.3. The van der Waals surface area contributed by atoms with Crippen LogP contribution in [-0.2, 0) is 4.79 Å². The predicted molar refractivity (Wildman–Crippen MR) is 91.9 cm³/mol. The lowest BCUT2D eigenvalue weighted by atomic mass is 9.93. The van der Waals surface area contributed by atoms with E-state index in [0.717, 1.165) is 23.5 Å². The van der Waals surface area contributed by atoms with Crippen molar-refractivity contribution < 1.29 is 4.79 Å². The SMILES string of the molecule is CCCC(C)CNc1ccc(C2=NNC(=O)CC2C)cc1N. The fourth-order valence-electron chi connectivity index (χ4n) is 2.76. The Hall–Kier alpha value is -2.04. The molecule has 4 N–H and O–H groups in total. The molecular formula is C17H26N4O. The molecule has 1 heterocycles. The molecule has 1 aliphatic rings. The van der Waals surface area contributed by atoms with E-state index in [1.807, 2.05) is 25.1 Å². The number of amides is 1. The van der Waals surface area contributed by atoms with E-state index < -0.39 is 0 Å². The molecule has 5 nitrogen and oxygen atoms in total. The maximum Gasteiger partial charge on any atom is 0.240 e. The third kappa shape index (κ3) is 4.00. The molecule has 22 heavy (non-hydrogen) atoms. The van der Waals surface area contributed by atoms with E-state index in [-0.39, 0.29) is 11.8 Å². The van der Waals surface area contributed by atoms with Crippen molar-refractivity contribution in [3.63, 3.8) is 0 Å². The number of hydrazone groups is 1. The van der Waals surface area contributed by atoms with E-state index in [0.29, 0.717) is 18.0 Å². The number of nitrogens with two attached hydrogens (primary N) is 1. The third-order valence-corrected chi connectivity index (χ3v) is 4.03. The minimum Gasteiger partial charge on any atom is -0.397 e. The number of rotatable bonds is 6. The molecule has 1 aromatic rings. The summed E-state index contributed by atoms with van der Waals surface area (Å²) in [6.07, 6.45) is 2.87. The van der Waals surface area contributed by atoms with Crippen LogP contribution < -0.4 is 16.5 Å². The van der Waals surface area contributed by atoms with Crippen LogP contribution in [0.4, 0.5) is 11.4 Å². The summed E-state index contributed by atoms with van der Waals surface area (Å²) in [5, 5.41) is 7.58. The molecule has 1 amide bonds. The highest BCUT2D eigenvalue weighted by Gasteiger charge is 2.21. The Balaban J connectivity index is 2.08. The number of benzene rings is 1. The second kappa shape index (κ2) is 7.29. The van der Waals surface area contributed by atoms with E-state index in [1.165, 1.54) is 12.8 Å². The Morgan fingerprint density at radius 3 is 2.91 bits per heavy atom. The van der Waals surface area contributed by atoms with Gasteiger partial charge in [-0.2, -0.15) is 5.10 Å². The maximum atomic E-state index is 11.3. The first kappa shape index (κ1) is 16.3. The molecule has 0 saturated heterocycles. The standard InChI is InChI=1S/C17H26N4O/c1-4-5-11(2)10-19-15-7-6-13(9-14(15)18)17-12(3)8-16(22)20-21-17/h6-7,9,11-12,19H,4-5,8,10,18H2,1-3H3,(H,20,22). The first-order valence-corrected chi connectivity index (χ1v) is 8.01. The molecule has 0 aliphatic carbocycles. The number of nitrogens with one attached hydrogen (secondary N) is 2. The van der Waals surface area contributed by atoms with Crippen LogP contribution in [0.5, 0.6) is 0 Å². The van der Waals surface area contributed by atoms with Gasteiger partial charge in [-0.25, -0.2) is 5.43 Å². The number of nitrogens with zero attached hydrogens (tertiary/aromatic N) is 1. The van der Waals surface area contributed by atoms with Crippen molar-refractivity contribution >= 4 is 23.0 Å². The van der Waals surface area contributed by atoms with Crippen LogP contribution in [0, 0.1) is 11.8 Å². The minimum atomic E-state index is -0.0348. The van der Waals surface area contributed by atoms with Crippen molar-refractivity contribution in [3.05, 3.63) is 23.8 Å². The van der Waals surface area contributed by atoms with Gasteiger partial charge in [-0.15, -0.1) is 0 Å². The molecule has 0 spiro atoms. The van der Waals surface area contributed by atoms with Gasteiger partial charge < -0.3 is 11.1 Å². The highest BCUT2D eigenvalue weighted by molar-refractivity contribution is 6.06. The normalized spacial score (nSPS) is 19.3. The molecule has 2 unspecified atom stereocenters. The quantitative estimate of drug-likeness (QED) is 0.707. The van der Waals surface area contributed by atoms with Crippen LogP contribution in [0.25, 0.3) is 0 Å². The van der Waals surface area contributed by atoms with Gasteiger partial charge in [-0.1, -0.05) is 33.3 Å². The summed E-state index contributed by atoms with van der Waals surface area (Å²) in [5.74, 6) is 0.700. The number of anilines is 2. The summed E-state index contributed by atoms with van der Waals surface area (Å²) in [4.78, 5) is 11.3. The van der Waals surface area contributed by atoms with E-state index >= 15 is 0 Å². The Morgan fingerprint density at radius 1 is 1.50 bits per heavy atom. The highest BCUT2D eigenvalue weighted by atomic mass is 16.2. The monoisotopic (exact) mass is 302 g/mol. The Morgan fingerprint density at radius 2 is 2.27 bits per heavy atom.